The summed E-state index contributed by atoms with van der Waals surface area (Å²) in [6, 6.07) is 7.75. The van der Waals surface area contributed by atoms with Gasteiger partial charge in [-0.15, -0.1) is 0 Å². The number of ketones is 1. The first-order valence-corrected chi connectivity index (χ1v) is 7.15. The van der Waals surface area contributed by atoms with E-state index in [1.54, 1.807) is 12.4 Å². The van der Waals surface area contributed by atoms with Crippen molar-refractivity contribution in [2.75, 3.05) is 13.1 Å². The minimum atomic E-state index is -0.499. The summed E-state index contributed by atoms with van der Waals surface area (Å²) < 4.78 is 0. The number of hydrogen-bond donors (Lipinski definition) is 0. The third kappa shape index (κ3) is 2.46. The summed E-state index contributed by atoms with van der Waals surface area (Å²) in [6.45, 7) is 9.91. The van der Waals surface area contributed by atoms with E-state index in [1.165, 1.54) is 0 Å². The number of aromatic nitrogens is 1. The molecular formula is C17H22N2O. The van der Waals surface area contributed by atoms with Crippen molar-refractivity contribution in [1.29, 1.82) is 0 Å². The Morgan fingerprint density at radius 1 is 1.20 bits per heavy atom. The lowest BCUT2D eigenvalue weighted by Crippen LogP contribution is -2.49. The minimum absolute atomic E-state index is 0.165. The average molecular weight is 270 g/mol. The molecule has 0 saturated carbocycles. The molecule has 0 aliphatic carbocycles. The second kappa shape index (κ2) is 5.71. The fraction of sp³-hybridized carbons (Fsp3) is 0.412. The Kier molecular flexibility index (Phi) is 4.19. The van der Waals surface area contributed by atoms with E-state index in [4.69, 9.17) is 0 Å². The molecule has 0 radical (unpaired) electrons. The molecular weight excluding hydrogens is 248 g/mol. The van der Waals surface area contributed by atoms with E-state index in [0.29, 0.717) is 0 Å². The van der Waals surface area contributed by atoms with Crippen LogP contribution in [0.15, 0.2) is 36.7 Å². The van der Waals surface area contributed by atoms with Crippen molar-refractivity contribution in [2.45, 2.75) is 33.2 Å². The molecule has 2 rings (SSSR count). The number of carbonyl (C=O) groups excluding carboxylic acids is 1. The van der Waals surface area contributed by atoms with Crippen molar-refractivity contribution in [3.8, 4) is 0 Å². The highest BCUT2D eigenvalue weighted by Gasteiger charge is 2.34. The second-order valence-corrected chi connectivity index (χ2v) is 5.46. The maximum absolute atomic E-state index is 13.0. The standard InChI is InChI=1S/C17H22N2O/c1-5-19(6-2)17(3,4)16(20)15-9-7-8-13-12-18-11-10-14(13)15/h7-12H,5-6H2,1-4H3. The number of benzene rings is 1. The Morgan fingerprint density at radius 3 is 2.55 bits per heavy atom. The van der Waals surface area contributed by atoms with Gasteiger partial charge in [0.25, 0.3) is 0 Å². The fourth-order valence-electron chi connectivity index (χ4n) is 2.81. The lowest BCUT2D eigenvalue weighted by atomic mass is 9.89. The molecule has 1 aromatic heterocycles. The summed E-state index contributed by atoms with van der Waals surface area (Å²) in [5.41, 5.74) is 0.280. The first-order chi connectivity index (χ1) is 9.52. The molecule has 3 heteroatoms. The molecule has 0 unspecified atom stereocenters. The third-order valence-electron chi connectivity index (χ3n) is 4.04. The van der Waals surface area contributed by atoms with Gasteiger partial charge in [0.1, 0.15) is 0 Å². The summed E-state index contributed by atoms with van der Waals surface area (Å²) in [5.74, 6) is 0.165. The molecule has 2 aromatic rings. The van der Waals surface area contributed by atoms with Gasteiger partial charge in [-0.3, -0.25) is 14.7 Å². The molecule has 0 spiro atoms. The first kappa shape index (κ1) is 14.7. The zero-order chi connectivity index (χ0) is 14.8. The third-order valence-corrected chi connectivity index (χ3v) is 4.04. The summed E-state index contributed by atoms with van der Waals surface area (Å²) in [6.07, 6.45) is 3.54. The van der Waals surface area contributed by atoms with Crippen molar-refractivity contribution >= 4 is 16.6 Å². The van der Waals surface area contributed by atoms with Crippen LogP contribution in [0.5, 0.6) is 0 Å². The summed E-state index contributed by atoms with van der Waals surface area (Å²) in [7, 11) is 0. The lowest BCUT2D eigenvalue weighted by Gasteiger charge is -2.36. The van der Waals surface area contributed by atoms with Crippen LogP contribution in [0.2, 0.25) is 0 Å². The van der Waals surface area contributed by atoms with Crippen LogP contribution in [0.25, 0.3) is 10.8 Å². The van der Waals surface area contributed by atoms with Crippen LogP contribution < -0.4 is 0 Å². The molecule has 0 amide bonds. The fourth-order valence-corrected chi connectivity index (χ4v) is 2.81. The van der Waals surface area contributed by atoms with Crippen molar-refractivity contribution in [3.63, 3.8) is 0 Å². The van der Waals surface area contributed by atoms with Gasteiger partial charge in [0, 0.05) is 23.3 Å². The Hall–Kier alpha value is -1.74. The molecule has 0 aliphatic heterocycles. The van der Waals surface area contributed by atoms with Gasteiger partial charge in [0.2, 0.25) is 0 Å². The summed E-state index contributed by atoms with van der Waals surface area (Å²) >= 11 is 0. The maximum Gasteiger partial charge on any atom is 0.183 e. The number of nitrogens with zero attached hydrogens (tertiary/aromatic N) is 2. The number of pyridine rings is 1. The van der Waals surface area contributed by atoms with E-state index in [0.717, 1.165) is 29.4 Å². The molecule has 1 heterocycles. The van der Waals surface area contributed by atoms with Crippen molar-refractivity contribution in [1.82, 2.24) is 9.88 Å². The summed E-state index contributed by atoms with van der Waals surface area (Å²) in [4.78, 5) is 19.3. The molecule has 106 valence electrons. The molecule has 0 aliphatic rings. The number of fused-ring (bicyclic) bond motifs is 1. The van der Waals surface area contributed by atoms with Gasteiger partial charge in [-0.05, 0) is 38.4 Å². The molecule has 1 aromatic carbocycles. The number of carbonyl (C=O) groups is 1. The molecule has 0 N–H and O–H groups in total. The van der Waals surface area contributed by atoms with E-state index >= 15 is 0 Å². The van der Waals surface area contributed by atoms with E-state index in [9.17, 15) is 4.79 Å². The molecule has 20 heavy (non-hydrogen) atoms. The van der Waals surface area contributed by atoms with Crippen LogP contribution in [0, 0.1) is 0 Å². The highest BCUT2D eigenvalue weighted by atomic mass is 16.1. The predicted octanol–water partition coefficient (Wildman–Crippen LogP) is 3.54. The van der Waals surface area contributed by atoms with Crippen LogP contribution in [0.1, 0.15) is 38.1 Å². The SMILES string of the molecule is CCN(CC)C(C)(C)C(=O)c1cccc2cnccc12. The Bertz CT molecular complexity index is 610. The molecule has 0 atom stereocenters. The Morgan fingerprint density at radius 2 is 1.90 bits per heavy atom. The average Bonchev–Trinajstić information content (AvgIpc) is 2.47. The topological polar surface area (TPSA) is 33.2 Å². The van der Waals surface area contributed by atoms with Gasteiger partial charge in [-0.25, -0.2) is 0 Å². The quantitative estimate of drug-likeness (QED) is 0.779. The summed E-state index contributed by atoms with van der Waals surface area (Å²) in [5, 5.41) is 1.99. The minimum Gasteiger partial charge on any atom is -0.292 e. The first-order valence-electron chi connectivity index (χ1n) is 7.15. The van der Waals surface area contributed by atoms with Gasteiger partial charge >= 0.3 is 0 Å². The largest absolute Gasteiger partial charge is 0.292 e. The highest BCUT2D eigenvalue weighted by molar-refractivity contribution is 6.11. The van der Waals surface area contributed by atoms with Crippen molar-refractivity contribution in [2.24, 2.45) is 0 Å². The van der Waals surface area contributed by atoms with Gasteiger partial charge < -0.3 is 0 Å². The smallest absolute Gasteiger partial charge is 0.183 e. The second-order valence-electron chi connectivity index (χ2n) is 5.46. The molecule has 0 bridgehead atoms. The van der Waals surface area contributed by atoms with Gasteiger partial charge in [0.15, 0.2) is 5.78 Å². The van der Waals surface area contributed by atoms with Crippen LogP contribution >= 0.6 is 0 Å². The van der Waals surface area contributed by atoms with E-state index < -0.39 is 5.54 Å². The number of hydrogen-bond acceptors (Lipinski definition) is 3. The van der Waals surface area contributed by atoms with E-state index in [1.807, 2.05) is 38.1 Å². The van der Waals surface area contributed by atoms with Crippen molar-refractivity contribution in [3.05, 3.63) is 42.2 Å². The van der Waals surface area contributed by atoms with E-state index in [-0.39, 0.29) is 5.78 Å². The molecule has 3 nitrogen and oxygen atoms in total. The van der Waals surface area contributed by atoms with Gasteiger partial charge in [0.05, 0.1) is 5.54 Å². The van der Waals surface area contributed by atoms with Crippen LogP contribution in [-0.2, 0) is 0 Å². The zero-order valence-electron chi connectivity index (χ0n) is 12.7. The van der Waals surface area contributed by atoms with Gasteiger partial charge in [-0.1, -0.05) is 32.0 Å². The van der Waals surface area contributed by atoms with Crippen molar-refractivity contribution < 1.29 is 4.79 Å². The Balaban J connectivity index is 2.51. The predicted molar refractivity (Wildman–Crippen MR) is 83.1 cm³/mol. The molecule has 0 saturated heterocycles. The number of rotatable bonds is 5. The van der Waals surface area contributed by atoms with Gasteiger partial charge in [-0.2, -0.15) is 0 Å². The highest BCUT2D eigenvalue weighted by Crippen LogP contribution is 2.25. The maximum atomic E-state index is 13.0. The zero-order valence-corrected chi connectivity index (χ0v) is 12.7. The number of likely N-dealkylation sites (N-methyl/N-ethyl adjacent to an activating group) is 1. The molecule has 0 fully saturated rings. The monoisotopic (exact) mass is 270 g/mol. The lowest BCUT2D eigenvalue weighted by molar-refractivity contribution is 0.0670. The van der Waals surface area contributed by atoms with Crippen LogP contribution in [0.4, 0.5) is 0 Å². The number of Topliss-reactive ketones (excluding diaryl/α,β-unsaturated/α-hetero) is 1. The van der Waals surface area contributed by atoms with Crippen LogP contribution in [-0.4, -0.2) is 34.3 Å². The van der Waals surface area contributed by atoms with Crippen LogP contribution in [0.3, 0.4) is 0 Å². The normalized spacial score (nSPS) is 12.1. The van der Waals surface area contributed by atoms with E-state index in [2.05, 4.69) is 23.7 Å². The Labute approximate surface area is 120 Å².